The Morgan fingerprint density at radius 1 is 1.15 bits per heavy atom. The summed E-state index contributed by atoms with van der Waals surface area (Å²) in [5, 5.41) is 25.3. The third-order valence-corrected chi connectivity index (χ3v) is 5.18. The number of rotatable bonds is 8. The van der Waals surface area contributed by atoms with Gasteiger partial charge in [0, 0.05) is 35.5 Å². The van der Waals surface area contributed by atoms with Crippen molar-refractivity contribution < 1.29 is 117 Å². The number of amides is 1. The van der Waals surface area contributed by atoms with Gasteiger partial charge >= 0.3 is 103 Å². The Bertz CT molecular complexity index is 1090. The van der Waals surface area contributed by atoms with E-state index in [4.69, 9.17) is 12.6 Å². The van der Waals surface area contributed by atoms with Crippen molar-refractivity contribution in [1.82, 2.24) is 20.2 Å². The molecule has 0 saturated carbocycles. The normalized spacial score (nSPS) is 11.0. The van der Waals surface area contributed by atoms with Gasteiger partial charge in [0.1, 0.15) is 6.04 Å². The topological polar surface area (TPSA) is 116 Å². The van der Waals surface area contributed by atoms with Crippen molar-refractivity contribution in [3.63, 3.8) is 0 Å². The summed E-state index contributed by atoms with van der Waals surface area (Å²) in [5.41, 5.74) is 3.91. The molecule has 1 heterocycles. The van der Waals surface area contributed by atoms with E-state index in [0.717, 1.165) is 16.8 Å². The molecule has 2 aromatic carbocycles. The molecule has 0 aliphatic rings. The van der Waals surface area contributed by atoms with Crippen molar-refractivity contribution in [3.05, 3.63) is 53.6 Å². The number of aromatic nitrogens is 4. The number of hydrogen-bond donors (Lipinski definition) is 1. The maximum absolute atomic E-state index is 13.1. The summed E-state index contributed by atoms with van der Waals surface area (Å²) in [5.74, 6) is -1.45. The van der Waals surface area contributed by atoms with Crippen molar-refractivity contribution in [1.29, 1.82) is 0 Å². The van der Waals surface area contributed by atoms with E-state index < -0.39 is 12.0 Å². The molecule has 0 bridgehead atoms. The molecule has 0 aliphatic carbocycles. The SMILES string of the molecule is Cc1cccc(C)c1N(CCC(=O)[O-])C(C)C(=O)Nc1cccc(-n2nnnc2[S-])c1.[K+].[K+]. The number of carbonyl (C=O) groups is 2. The Morgan fingerprint density at radius 2 is 1.79 bits per heavy atom. The molecule has 3 rings (SSSR count). The van der Waals surface area contributed by atoms with Gasteiger partial charge in [-0.05, 0) is 60.5 Å². The third-order valence-electron chi connectivity index (χ3n) is 4.93. The number of carbonyl (C=O) groups excluding carboxylic acids is 2. The van der Waals surface area contributed by atoms with Crippen molar-refractivity contribution in [2.75, 3.05) is 16.8 Å². The molecule has 0 spiro atoms. The fourth-order valence-corrected chi connectivity index (χ4v) is 3.59. The largest absolute Gasteiger partial charge is 1.00 e. The first-order valence-corrected chi connectivity index (χ1v) is 10.1. The fourth-order valence-electron chi connectivity index (χ4n) is 3.41. The second kappa shape index (κ2) is 14.3. The summed E-state index contributed by atoms with van der Waals surface area (Å²) in [6.45, 7) is 5.75. The predicted octanol–water partition coefficient (Wildman–Crippen LogP) is -4.83. The molecule has 0 saturated heterocycles. The van der Waals surface area contributed by atoms with Crippen LogP contribution in [0.15, 0.2) is 47.6 Å². The first kappa shape index (κ1) is 30.8. The summed E-state index contributed by atoms with van der Waals surface area (Å²) in [6.07, 6.45) is -0.193. The van der Waals surface area contributed by atoms with Gasteiger partial charge < -0.3 is 32.7 Å². The van der Waals surface area contributed by atoms with Gasteiger partial charge in [-0.15, -0.1) is 5.10 Å². The number of aryl methyl sites for hydroxylation is 2. The average Bonchev–Trinajstić information content (AvgIpc) is 3.15. The zero-order valence-electron chi connectivity index (χ0n) is 19.4. The number of para-hydroxylation sites is 1. The quantitative estimate of drug-likeness (QED) is 0.234. The molecule has 1 aromatic heterocycles. The number of anilines is 2. The van der Waals surface area contributed by atoms with Crippen LogP contribution in [0.3, 0.4) is 0 Å². The molecule has 1 N–H and O–H groups in total. The summed E-state index contributed by atoms with van der Waals surface area (Å²) >= 11 is 5.08. The van der Waals surface area contributed by atoms with Gasteiger partial charge in [-0.2, -0.15) is 0 Å². The maximum Gasteiger partial charge on any atom is 1.00 e. The second-order valence-electron chi connectivity index (χ2n) is 7.14. The van der Waals surface area contributed by atoms with E-state index in [1.807, 2.05) is 32.0 Å². The van der Waals surface area contributed by atoms with Crippen molar-refractivity contribution >= 4 is 35.9 Å². The van der Waals surface area contributed by atoms with E-state index in [2.05, 4.69) is 20.8 Å². The molecule has 12 heteroatoms. The van der Waals surface area contributed by atoms with Gasteiger partial charge in [0.2, 0.25) is 5.91 Å². The number of nitrogens with zero attached hydrogens (tertiary/aromatic N) is 5. The summed E-state index contributed by atoms with van der Waals surface area (Å²) in [7, 11) is 0. The number of benzene rings is 2. The van der Waals surface area contributed by atoms with E-state index in [9.17, 15) is 14.7 Å². The Morgan fingerprint density at radius 3 is 2.36 bits per heavy atom. The van der Waals surface area contributed by atoms with E-state index in [0.29, 0.717) is 11.4 Å². The minimum atomic E-state index is -1.17. The van der Waals surface area contributed by atoms with Crippen LogP contribution in [0, 0.1) is 13.8 Å². The molecule has 0 radical (unpaired) electrons. The van der Waals surface area contributed by atoms with Crippen LogP contribution in [0.25, 0.3) is 5.69 Å². The standard InChI is InChI=1S/C21H24N6O3S.2K/c1-13-6-4-7-14(2)19(13)26(11-10-18(28)29)15(3)20(30)22-16-8-5-9-17(12-16)27-21(31)23-24-25-27;;/h4-9,12,15H,10-11H2,1-3H3,(H,22,30)(H,28,29)(H,23,25,31);;/q;2*+1/p-2. The first-order valence-electron chi connectivity index (χ1n) is 9.67. The summed E-state index contributed by atoms with van der Waals surface area (Å²) in [6, 6.07) is 12.1. The number of tetrazole rings is 1. The molecule has 0 aliphatic heterocycles. The molecule has 0 fully saturated rings. The van der Waals surface area contributed by atoms with Gasteiger partial charge in [0.05, 0.1) is 5.69 Å². The van der Waals surface area contributed by atoms with E-state index in [-0.39, 0.29) is 127 Å². The van der Waals surface area contributed by atoms with Crippen LogP contribution >= 0.6 is 0 Å². The van der Waals surface area contributed by atoms with Gasteiger partial charge in [0.15, 0.2) is 0 Å². The summed E-state index contributed by atoms with van der Waals surface area (Å²) < 4.78 is 1.39. The Balaban J connectivity index is 0.00000272. The molecule has 162 valence electrons. The predicted molar refractivity (Wildman–Crippen MR) is 116 cm³/mol. The van der Waals surface area contributed by atoms with Crippen molar-refractivity contribution in [3.8, 4) is 5.69 Å². The van der Waals surface area contributed by atoms with Gasteiger partial charge in [-0.3, -0.25) is 4.79 Å². The molecule has 3 aromatic rings. The molecule has 33 heavy (non-hydrogen) atoms. The van der Waals surface area contributed by atoms with Crippen molar-refractivity contribution in [2.24, 2.45) is 0 Å². The van der Waals surface area contributed by atoms with Crippen LogP contribution in [0.2, 0.25) is 0 Å². The number of nitrogens with one attached hydrogen (secondary N) is 1. The monoisotopic (exact) mass is 516 g/mol. The minimum absolute atomic E-state index is 0. The molecule has 1 atom stereocenters. The van der Waals surface area contributed by atoms with Gasteiger partial charge in [-0.25, -0.2) is 4.68 Å². The van der Waals surface area contributed by atoms with Crippen LogP contribution in [-0.4, -0.2) is 44.7 Å². The number of carboxylic acids is 1. The van der Waals surface area contributed by atoms with E-state index in [1.165, 1.54) is 4.68 Å². The van der Waals surface area contributed by atoms with Crippen molar-refractivity contribution in [2.45, 2.75) is 38.4 Å². The van der Waals surface area contributed by atoms with Crippen LogP contribution < -0.4 is 118 Å². The number of carboxylic acid groups (broad SMARTS) is 1. The Hall–Kier alpha value is -0.257. The van der Waals surface area contributed by atoms with Gasteiger partial charge in [0.25, 0.3) is 0 Å². The second-order valence-corrected chi connectivity index (χ2v) is 7.51. The van der Waals surface area contributed by atoms with E-state index >= 15 is 0 Å². The number of aliphatic carboxylic acids is 1. The molecule has 9 nitrogen and oxygen atoms in total. The number of hydrogen-bond acceptors (Lipinski definition) is 8. The zero-order chi connectivity index (χ0) is 22.5. The van der Waals surface area contributed by atoms with Crippen LogP contribution in [0.4, 0.5) is 11.4 Å². The molecule has 1 amide bonds. The zero-order valence-corrected chi connectivity index (χ0v) is 26.5. The van der Waals surface area contributed by atoms with Gasteiger partial charge in [-0.1, -0.05) is 24.3 Å². The van der Waals surface area contributed by atoms with E-state index in [1.54, 1.807) is 36.1 Å². The smallest absolute Gasteiger partial charge is 0.738 e. The van der Waals surface area contributed by atoms with Crippen LogP contribution in [-0.2, 0) is 22.2 Å². The molecule has 1 unspecified atom stereocenters. The Labute approximate surface area is 283 Å². The molecular formula is C21H22K2N6O3S. The fraction of sp³-hybridized carbons (Fsp3) is 0.286. The minimum Gasteiger partial charge on any atom is -0.738 e. The third kappa shape index (κ3) is 8.14. The summed E-state index contributed by atoms with van der Waals surface area (Å²) in [4.78, 5) is 26.0. The first-order chi connectivity index (χ1) is 14.8. The Kier molecular flexibility index (Phi) is 13.4. The molecular weight excluding hydrogens is 495 g/mol. The van der Waals surface area contributed by atoms with Crippen LogP contribution in [0.1, 0.15) is 24.5 Å². The average molecular weight is 517 g/mol. The van der Waals surface area contributed by atoms with Crippen LogP contribution in [0.5, 0.6) is 0 Å². The maximum atomic E-state index is 13.1.